The van der Waals surface area contributed by atoms with Gasteiger partial charge in [0, 0.05) is 11.4 Å². The molecule has 0 unspecified atom stereocenters. The zero-order chi connectivity index (χ0) is 22.7. The molecule has 0 amide bonds. The van der Waals surface area contributed by atoms with Crippen LogP contribution in [0.1, 0.15) is 29.2 Å². The summed E-state index contributed by atoms with van der Waals surface area (Å²) in [5, 5.41) is 0. The molecule has 4 aromatic rings. The molecule has 0 heterocycles. The molecule has 0 aliphatic heterocycles. The number of hydrogen-bond donors (Lipinski definition) is 0. The summed E-state index contributed by atoms with van der Waals surface area (Å²) in [4.78, 5) is 2.35. The van der Waals surface area contributed by atoms with Crippen molar-refractivity contribution in [3.05, 3.63) is 107 Å². The van der Waals surface area contributed by atoms with Crippen LogP contribution in [0.25, 0.3) is 11.1 Å². The molecule has 32 heavy (non-hydrogen) atoms. The molecule has 162 valence electrons. The first-order valence-electron chi connectivity index (χ1n) is 11.2. The van der Waals surface area contributed by atoms with Gasteiger partial charge in [-0.15, -0.1) is 0 Å². The van der Waals surface area contributed by atoms with E-state index in [1.807, 2.05) is 19.1 Å². The zero-order valence-corrected chi connectivity index (χ0v) is 19.6. The van der Waals surface area contributed by atoms with Crippen molar-refractivity contribution in [3.8, 4) is 16.9 Å². The second-order valence-corrected chi connectivity index (χ2v) is 8.43. The summed E-state index contributed by atoms with van der Waals surface area (Å²) in [7, 11) is 0. The number of ether oxygens (including phenoxy) is 1. The molecule has 0 aliphatic carbocycles. The topological polar surface area (TPSA) is 12.5 Å². The third-order valence-electron chi connectivity index (χ3n) is 5.74. The highest BCUT2D eigenvalue weighted by Gasteiger charge is 2.17. The summed E-state index contributed by atoms with van der Waals surface area (Å²) < 4.78 is 5.67. The van der Waals surface area contributed by atoms with Gasteiger partial charge in [-0.2, -0.15) is 0 Å². The lowest BCUT2D eigenvalue weighted by molar-refractivity contribution is 0.340. The maximum atomic E-state index is 5.67. The van der Waals surface area contributed by atoms with Crippen LogP contribution in [0.4, 0.5) is 17.1 Å². The largest absolute Gasteiger partial charge is 0.494 e. The van der Waals surface area contributed by atoms with E-state index in [0.717, 1.165) is 17.1 Å². The van der Waals surface area contributed by atoms with Gasteiger partial charge in [0.15, 0.2) is 0 Å². The summed E-state index contributed by atoms with van der Waals surface area (Å²) in [6.45, 7) is 11.3. The van der Waals surface area contributed by atoms with E-state index >= 15 is 0 Å². The number of benzene rings is 4. The quantitative estimate of drug-likeness (QED) is 0.309. The normalized spacial score (nSPS) is 10.8. The van der Waals surface area contributed by atoms with Gasteiger partial charge in [-0.1, -0.05) is 59.7 Å². The fourth-order valence-corrected chi connectivity index (χ4v) is 4.42. The number of hydrogen-bond acceptors (Lipinski definition) is 2. The van der Waals surface area contributed by atoms with Crippen molar-refractivity contribution < 1.29 is 4.74 Å². The Kier molecular flexibility index (Phi) is 6.32. The van der Waals surface area contributed by atoms with E-state index in [1.54, 1.807) is 0 Å². The van der Waals surface area contributed by atoms with Crippen molar-refractivity contribution in [3.63, 3.8) is 0 Å². The van der Waals surface area contributed by atoms with Gasteiger partial charge in [0.25, 0.3) is 0 Å². The van der Waals surface area contributed by atoms with Gasteiger partial charge in [-0.05, 0) is 93.3 Å². The Bertz CT molecular complexity index is 1180. The number of aryl methyl sites for hydroxylation is 4. The lowest BCUT2D eigenvalue weighted by atomic mass is 10.0. The van der Waals surface area contributed by atoms with Crippen LogP contribution in [0.2, 0.25) is 0 Å². The van der Waals surface area contributed by atoms with Crippen molar-refractivity contribution >= 4 is 17.1 Å². The first kappa shape index (κ1) is 21.7. The maximum absolute atomic E-state index is 5.67. The van der Waals surface area contributed by atoms with Crippen LogP contribution in [0.3, 0.4) is 0 Å². The van der Waals surface area contributed by atoms with Crippen LogP contribution >= 0.6 is 0 Å². The number of nitrogens with zero attached hydrogens (tertiary/aromatic N) is 1. The summed E-state index contributed by atoms with van der Waals surface area (Å²) in [5.74, 6) is 0.892. The molecular formula is C30H31NO. The highest BCUT2D eigenvalue weighted by molar-refractivity contribution is 5.82. The van der Waals surface area contributed by atoms with Crippen molar-refractivity contribution in [1.82, 2.24) is 0 Å². The molecule has 0 bridgehead atoms. The summed E-state index contributed by atoms with van der Waals surface area (Å²) in [6, 6.07) is 30.4. The molecule has 0 N–H and O–H groups in total. The maximum Gasteiger partial charge on any atom is 0.119 e. The Morgan fingerprint density at radius 2 is 1.22 bits per heavy atom. The predicted octanol–water partition coefficient (Wildman–Crippen LogP) is 8.46. The van der Waals surface area contributed by atoms with Crippen LogP contribution in [-0.2, 0) is 0 Å². The van der Waals surface area contributed by atoms with Crippen molar-refractivity contribution in [2.24, 2.45) is 0 Å². The van der Waals surface area contributed by atoms with E-state index in [0.29, 0.717) is 6.61 Å². The van der Waals surface area contributed by atoms with E-state index in [9.17, 15) is 0 Å². The molecule has 4 rings (SSSR count). The molecule has 2 heteroatoms. The minimum atomic E-state index is 0.666. The van der Waals surface area contributed by atoms with Gasteiger partial charge >= 0.3 is 0 Å². The standard InChI is InChI=1S/C30H31NO/c1-6-32-29-16-14-28(15-17-29)31(30-23(4)18-22(3)19-24(30)5)27-12-10-25(11-13-27)26-9-7-8-21(2)20-26/h7-20H,6H2,1-5H3. The lowest BCUT2D eigenvalue weighted by Crippen LogP contribution is -2.13. The second kappa shape index (κ2) is 9.32. The highest BCUT2D eigenvalue weighted by atomic mass is 16.5. The summed E-state index contributed by atoms with van der Waals surface area (Å²) >= 11 is 0. The third-order valence-corrected chi connectivity index (χ3v) is 5.74. The first-order valence-corrected chi connectivity index (χ1v) is 11.2. The smallest absolute Gasteiger partial charge is 0.119 e. The average molecular weight is 422 g/mol. The van der Waals surface area contributed by atoms with Crippen LogP contribution in [0.15, 0.2) is 84.9 Å². The van der Waals surface area contributed by atoms with Crippen LogP contribution in [0.5, 0.6) is 5.75 Å². The molecule has 0 atom stereocenters. The van der Waals surface area contributed by atoms with Gasteiger partial charge in [0.05, 0.1) is 12.3 Å². The third kappa shape index (κ3) is 4.55. The van der Waals surface area contributed by atoms with Crippen molar-refractivity contribution in [2.45, 2.75) is 34.6 Å². The van der Waals surface area contributed by atoms with Gasteiger partial charge in [-0.3, -0.25) is 0 Å². The van der Waals surface area contributed by atoms with Gasteiger partial charge < -0.3 is 9.64 Å². The summed E-state index contributed by atoms with van der Waals surface area (Å²) in [6.07, 6.45) is 0. The number of rotatable bonds is 6. The predicted molar refractivity (Wildman–Crippen MR) is 137 cm³/mol. The molecule has 0 fully saturated rings. The van der Waals surface area contributed by atoms with E-state index in [-0.39, 0.29) is 0 Å². The molecule has 2 nitrogen and oxygen atoms in total. The molecular weight excluding hydrogens is 390 g/mol. The average Bonchev–Trinajstić information content (AvgIpc) is 2.77. The Labute approximate surface area is 192 Å². The van der Waals surface area contributed by atoms with E-state index in [4.69, 9.17) is 4.74 Å². The Morgan fingerprint density at radius 3 is 1.78 bits per heavy atom. The lowest BCUT2D eigenvalue weighted by Gasteiger charge is -2.29. The monoisotopic (exact) mass is 421 g/mol. The first-order chi connectivity index (χ1) is 15.5. The molecule has 0 radical (unpaired) electrons. The minimum Gasteiger partial charge on any atom is -0.494 e. The Balaban J connectivity index is 1.81. The minimum absolute atomic E-state index is 0.666. The van der Waals surface area contributed by atoms with Crippen LogP contribution in [-0.4, -0.2) is 6.61 Å². The Hall–Kier alpha value is -3.52. The van der Waals surface area contributed by atoms with Crippen LogP contribution < -0.4 is 9.64 Å². The molecule has 0 spiro atoms. The van der Waals surface area contributed by atoms with E-state index < -0.39 is 0 Å². The van der Waals surface area contributed by atoms with Crippen molar-refractivity contribution in [1.29, 1.82) is 0 Å². The Morgan fingerprint density at radius 1 is 0.625 bits per heavy atom. The molecule has 0 saturated heterocycles. The molecule has 4 aromatic carbocycles. The van der Waals surface area contributed by atoms with E-state index in [2.05, 4.69) is 105 Å². The van der Waals surface area contributed by atoms with E-state index in [1.165, 1.54) is 39.1 Å². The van der Waals surface area contributed by atoms with Gasteiger partial charge in [0.1, 0.15) is 5.75 Å². The summed E-state index contributed by atoms with van der Waals surface area (Å²) in [5.41, 5.74) is 11.0. The van der Waals surface area contributed by atoms with Crippen molar-refractivity contribution in [2.75, 3.05) is 11.5 Å². The zero-order valence-electron chi connectivity index (χ0n) is 19.6. The van der Waals surface area contributed by atoms with Crippen LogP contribution in [0, 0.1) is 27.7 Å². The molecule has 0 aromatic heterocycles. The number of anilines is 3. The van der Waals surface area contributed by atoms with Gasteiger partial charge in [-0.25, -0.2) is 0 Å². The molecule has 0 aliphatic rings. The van der Waals surface area contributed by atoms with Gasteiger partial charge in [0.2, 0.25) is 0 Å². The molecule has 0 saturated carbocycles. The fourth-order valence-electron chi connectivity index (χ4n) is 4.42. The fraction of sp³-hybridized carbons (Fsp3) is 0.200. The highest BCUT2D eigenvalue weighted by Crippen LogP contribution is 2.40. The second-order valence-electron chi connectivity index (χ2n) is 8.43. The SMILES string of the molecule is CCOc1ccc(N(c2ccc(-c3cccc(C)c3)cc2)c2c(C)cc(C)cc2C)cc1.